The van der Waals surface area contributed by atoms with Gasteiger partial charge in [0.1, 0.15) is 16.9 Å². The molecule has 0 saturated heterocycles. The van der Waals surface area contributed by atoms with Crippen molar-refractivity contribution < 1.29 is 35.3 Å². The summed E-state index contributed by atoms with van der Waals surface area (Å²) in [6.45, 7) is 5.22. The molecule has 10 heteroatoms. The molecule has 2 rings (SSSR count). The minimum Gasteiger partial charge on any atom is -0.444 e. The van der Waals surface area contributed by atoms with Crippen molar-refractivity contribution >= 4 is 16.2 Å². The highest BCUT2D eigenvalue weighted by molar-refractivity contribution is 7.87. The van der Waals surface area contributed by atoms with E-state index in [0.717, 1.165) is 0 Å². The Morgan fingerprint density at radius 1 is 1.26 bits per heavy atom. The van der Waals surface area contributed by atoms with E-state index in [1.807, 2.05) is 0 Å². The fraction of sp³-hybridized carbons (Fsp3) is 0.769. The van der Waals surface area contributed by atoms with Crippen molar-refractivity contribution in [2.75, 3.05) is 6.54 Å². The van der Waals surface area contributed by atoms with E-state index in [2.05, 4.69) is 4.18 Å². The lowest BCUT2D eigenvalue weighted by Crippen LogP contribution is -2.49. The third-order valence-electron chi connectivity index (χ3n) is 3.48. The monoisotopic (exact) mass is 357 g/mol. The summed E-state index contributed by atoms with van der Waals surface area (Å²) in [6, 6.07) is 0. The number of ether oxygens (including phenoxy) is 1. The number of alkyl halides is 3. The fourth-order valence-corrected chi connectivity index (χ4v) is 2.91. The number of rotatable bonds is 2. The van der Waals surface area contributed by atoms with Gasteiger partial charge < -0.3 is 8.92 Å². The maximum Gasteiger partial charge on any atom is 0.534 e. The molecule has 0 radical (unpaired) electrons. The average Bonchev–Trinajstić information content (AvgIpc) is 3.09. The summed E-state index contributed by atoms with van der Waals surface area (Å²) < 4.78 is 69.4. The number of nitrogens with zero attached hydrogens (tertiary/aromatic N) is 1. The molecule has 0 aromatic rings. The van der Waals surface area contributed by atoms with Crippen LogP contribution in [0.15, 0.2) is 11.8 Å². The van der Waals surface area contributed by atoms with E-state index >= 15 is 0 Å². The van der Waals surface area contributed by atoms with Crippen LogP contribution in [0, 0.1) is 0 Å². The molecule has 0 aromatic heterocycles. The second-order valence-electron chi connectivity index (χ2n) is 6.50. The lowest BCUT2D eigenvalue weighted by Gasteiger charge is -2.37. The van der Waals surface area contributed by atoms with Crippen LogP contribution >= 0.6 is 0 Å². The summed E-state index contributed by atoms with van der Waals surface area (Å²) in [4.78, 5) is 13.5. The molecule has 1 fully saturated rings. The predicted octanol–water partition coefficient (Wildman–Crippen LogP) is 2.91. The molecule has 1 aliphatic heterocycles. The largest absolute Gasteiger partial charge is 0.534 e. The molecule has 1 heterocycles. The Kier molecular flexibility index (Phi) is 4.11. The van der Waals surface area contributed by atoms with Gasteiger partial charge in [-0.25, -0.2) is 4.79 Å². The standard InChI is InChI=1S/C13H18F3NO5S/c1-11(2,3)21-10(18)17-8-4-5-9(12(17)6-7-12)22-23(19,20)13(14,15)16/h5H,4,6-8H2,1-3H3. The Morgan fingerprint density at radius 2 is 1.83 bits per heavy atom. The summed E-state index contributed by atoms with van der Waals surface area (Å²) >= 11 is 0. The quantitative estimate of drug-likeness (QED) is 0.561. The highest BCUT2D eigenvalue weighted by Crippen LogP contribution is 2.51. The van der Waals surface area contributed by atoms with E-state index in [9.17, 15) is 26.4 Å². The third-order valence-corrected chi connectivity index (χ3v) is 4.44. The number of hydrogen-bond donors (Lipinski definition) is 0. The van der Waals surface area contributed by atoms with Gasteiger partial charge in [0.25, 0.3) is 0 Å². The molecule has 0 atom stereocenters. The van der Waals surface area contributed by atoms with Gasteiger partial charge in [-0.3, -0.25) is 4.90 Å². The predicted molar refractivity (Wildman–Crippen MR) is 73.7 cm³/mol. The summed E-state index contributed by atoms with van der Waals surface area (Å²) in [5.74, 6) is -0.355. The lowest BCUT2D eigenvalue weighted by atomic mass is 10.1. The Hall–Kier alpha value is -1.45. The molecule has 0 bridgehead atoms. The molecule has 132 valence electrons. The molecule has 0 unspecified atom stereocenters. The molecule has 1 saturated carbocycles. The Morgan fingerprint density at radius 3 is 2.26 bits per heavy atom. The number of carbonyl (C=O) groups excluding carboxylic acids is 1. The zero-order valence-corrected chi connectivity index (χ0v) is 13.8. The summed E-state index contributed by atoms with van der Waals surface area (Å²) in [7, 11) is -5.76. The van der Waals surface area contributed by atoms with Crippen molar-refractivity contribution in [2.45, 2.75) is 56.7 Å². The molecule has 1 amide bonds. The smallest absolute Gasteiger partial charge is 0.444 e. The van der Waals surface area contributed by atoms with Crippen LogP contribution in [0.25, 0.3) is 0 Å². The van der Waals surface area contributed by atoms with Gasteiger partial charge in [-0.05, 0) is 46.1 Å². The van der Waals surface area contributed by atoms with Crippen LogP contribution in [-0.4, -0.2) is 42.6 Å². The Balaban J connectivity index is 2.22. The van der Waals surface area contributed by atoms with Gasteiger partial charge in [0.2, 0.25) is 0 Å². The van der Waals surface area contributed by atoms with E-state index in [-0.39, 0.29) is 18.7 Å². The van der Waals surface area contributed by atoms with Gasteiger partial charge in [0.15, 0.2) is 0 Å². The molecular formula is C13H18F3NO5S. The average molecular weight is 357 g/mol. The van der Waals surface area contributed by atoms with Gasteiger partial charge in [-0.2, -0.15) is 21.6 Å². The van der Waals surface area contributed by atoms with Gasteiger partial charge in [0.05, 0.1) is 0 Å². The Bertz CT molecular complexity index is 629. The Labute approximate surface area is 132 Å². The minimum absolute atomic E-state index is 0.184. The number of hydrogen-bond acceptors (Lipinski definition) is 5. The normalized spacial score (nSPS) is 21.0. The molecule has 0 aromatic carbocycles. The van der Waals surface area contributed by atoms with Crippen molar-refractivity contribution in [2.24, 2.45) is 0 Å². The minimum atomic E-state index is -5.76. The van der Waals surface area contributed by atoms with E-state index in [4.69, 9.17) is 4.74 Å². The van der Waals surface area contributed by atoms with Gasteiger partial charge in [0, 0.05) is 6.54 Å². The van der Waals surface area contributed by atoms with E-state index in [1.54, 1.807) is 20.8 Å². The molecular weight excluding hydrogens is 339 g/mol. The van der Waals surface area contributed by atoms with E-state index in [0.29, 0.717) is 12.8 Å². The zero-order chi connectivity index (χ0) is 17.7. The van der Waals surface area contributed by atoms with Crippen molar-refractivity contribution in [1.82, 2.24) is 4.90 Å². The van der Waals surface area contributed by atoms with Crippen LogP contribution in [0.4, 0.5) is 18.0 Å². The van der Waals surface area contributed by atoms with Crippen LogP contribution in [0.2, 0.25) is 0 Å². The first-order valence-corrected chi connectivity index (χ1v) is 8.41. The fourth-order valence-electron chi connectivity index (χ4n) is 2.36. The second-order valence-corrected chi connectivity index (χ2v) is 8.04. The second kappa shape index (κ2) is 5.29. The highest BCUT2D eigenvalue weighted by Gasteiger charge is 2.60. The van der Waals surface area contributed by atoms with Gasteiger partial charge in [-0.1, -0.05) is 0 Å². The maximum atomic E-state index is 12.5. The van der Waals surface area contributed by atoms with E-state index in [1.165, 1.54) is 11.0 Å². The molecule has 23 heavy (non-hydrogen) atoms. The summed E-state index contributed by atoms with van der Waals surface area (Å²) in [5.41, 5.74) is -7.44. The van der Waals surface area contributed by atoms with Crippen LogP contribution in [0.3, 0.4) is 0 Å². The van der Waals surface area contributed by atoms with Crippen molar-refractivity contribution in [1.29, 1.82) is 0 Å². The molecule has 6 nitrogen and oxygen atoms in total. The number of halogens is 3. The first-order chi connectivity index (χ1) is 10.3. The molecule has 1 aliphatic carbocycles. The van der Waals surface area contributed by atoms with Crippen molar-refractivity contribution in [3.05, 3.63) is 11.8 Å². The SMILES string of the molecule is CC(C)(C)OC(=O)N1CCC=C(OS(=O)(=O)C(F)(F)F)C12CC2. The van der Waals surface area contributed by atoms with Crippen molar-refractivity contribution in [3.8, 4) is 0 Å². The van der Waals surface area contributed by atoms with Gasteiger partial charge >= 0.3 is 21.7 Å². The first kappa shape index (κ1) is 17.9. The van der Waals surface area contributed by atoms with Crippen LogP contribution in [-0.2, 0) is 19.0 Å². The maximum absolute atomic E-state index is 12.5. The lowest BCUT2D eigenvalue weighted by molar-refractivity contribution is -0.0534. The molecule has 2 aliphatic rings. The topological polar surface area (TPSA) is 72.9 Å². The van der Waals surface area contributed by atoms with Crippen molar-refractivity contribution in [3.63, 3.8) is 0 Å². The number of amides is 1. The van der Waals surface area contributed by atoms with Crippen LogP contribution < -0.4 is 0 Å². The summed E-state index contributed by atoms with van der Waals surface area (Å²) in [6.07, 6.45) is 1.42. The first-order valence-electron chi connectivity index (χ1n) is 7.01. The van der Waals surface area contributed by atoms with Gasteiger partial charge in [-0.15, -0.1) is 0 Å². The van der Waals surface area contributed by atoms with Crippen LogP contribution in [0.1, 0.15) is 40.0 Å². The third kappa shape index (κ3) is 3.56. The zero-order valence-electron chi connectivity index (χ0n) is 12.9. The molecule has 1 spiro atoms. The number of carbonyl (C=O) groups is 1. The summed E-state index contributed by atoms with van der Waals surface area (Å²) in [5, 5.41) is 0. The molecule has 0 N–H and O–H groups in total. The highest BCUT2D eigenvalue weighted by atomic mass is 32.2. The van der Waals surface area contributed by atoms with E-state index < -0.39 is 32.9 Å². The van der Waals surface area contributed by atoms with Crippen LogP contribution in [0.5, 0.6) is 0 Å².